The predicted octanol–water partition coefficient (Wildman–Crippen LogP) is -0.0462. The van der Waals surface area contributed by atoms with Crippen molar-refractivity contribution in [3.05, 3.63) is 0 Å². The highest BCUT2D eigenvalue weighted by atomic mass is 32.2. The van der Waals surface area contributed by atoms with Crippen LogP contribution in [0.2, 0.25) is 0 Å². The van der Waals surface area contributed by atoms with Gasteiger partial charge in [0.1, 0.15) is 0 Å². The van der Waals surface area contributed by atoms with Crippen LogP contribution in [0.4, 0.5) is 0 Å². The van der Waals surface area contributed by atoms with E-state index in [-0.39, 0.29) is 17.3 Å². The molecule has 0 aromatic carbocycles. The molecule has 0 aromatic rings. The number of sulfone groups is 1. The summed E-state index contributed by atoms with van der Waals surface area (Å²) in [5.41, 5.74) is 5.24. The van der Waals surface area contributed by atoms with Crippen molar-refractivity contribution < 1.29 is 13.6 Å². The molecule has 1 aliphatic heterocycles. The average Bonchev–Trinajstić information content (AvgIpc) is 2.44. The fourth-order valence-corrected chi connectivity index (χ4v) is 3.86. The van der Waals surface area contributed by atoms with E-state index < -0.39 is 15.4 Å². The second-order valence-electron chi connectivity index (χ2n) is 6.02. The van der Waals surface area contributed by atoms with Crippen molar-refractivity contribution in [3.63, 3.8) is 0 Å². The number of nitrogens with zero attached hydrogens (tertiary/aromatic N) is 3. The molecular formula is C13H28N4O3S. The number of hydrogen-bond acceptors (Lipinski definition) is 6. The van der Waals surface area contributed by atoms with Gasteiger partial charge in [0.15, 0.2) is 15.7 Å². The van der Waals surface area contributed by atoms with Crippen LogP contribution in [-0.2, 0) is 9.84 Å². The molecule has 21 heavy (non-hydrogen) atoms. The largest absolute Gasteiger partial charge is 0.409 e. The van der Waals surface area contributed by atoms with E-state index in [0.29, 0.717) is 13.0 Å². The Morgan fingerprint density at radius 3 is 2.29 bits per heavy atom. The molecule has 0 bridgehead atoms. The highest BCUT2D eigenvalue weighted by Crippen LogP contribution is 2.17. The van der Waals surface area contributed by atoms with Gasteiger partial charge < -0.3 is 10.9 Å². The quantitative estimate of drug-likeness (QED) is 0.295. The minimum atomic E-state index is -2.92. The fourth-order valence-electron chi connectivity index (χ4n) is 2.50. The molecule has 0 aromatic heterocycles. The third-order valence-electron chi connectivity index (χ3n) is 4.13. The summed E-state index contributed by atoms with van der Waals surface area (Å²) in [7, 11) is -2.92. The summed E-state index contributed by atoms with van der Waals surface area (Å²) < 4.78 is 23.5. The van der Waals surface area contributed by atoms with Gasteiger partial charge in [-0.25, -0.2) is 8.42 Å². The van der Waals surface area contributed by atoms with E-state index >= 15 is 0 Å². The summed E-state index contributed by atoms with van der Waals surface area (Å²) in [6.45, 7) is 9.44. The molecule has 0 saturated carbocycles. The molecule has 1 fully saturated rings. The highest BCUT2D eigenvalue weighted by Gasteiger charge is 2.33. The highest BCUT2D eigenvalue weighted by molar-refractivity contribution is 7.91. The second-order valence-corrected chi connectivity index (χ2v) is 8.33. The van der Waals surface area contributed by atoms with Gasteiger partial charge in [-0.1, -0.05) is 12.1 Å². The standard InChI is InChI=1S/C13H28N4O3S/c1-4-10-21(19,20)11-9-16-5-7-17(8-6-16)13(2,3)12(14)15-18/h18H,4-11H2,1-3H3,(H2,14,15). The summed E-state index contributed by atoms with van der Waals surface area (Å²) in [6.07, 6.45) is 0.671. The van der Waals surface area contributed by atoms with Gasteiger partial charge in [0.05, 0.1) is 11.3 Å². The molecule has 1 saturated heterocycles. The third-order valence-corrected chi connectivity index (χ3v) is 5.97. The van der Waals surface area contributed by atoms with Crippen molar-refractivity contribution in [2.45, 2.75) is 32.7 Å². The number of rotatable bonds is 7. The summed E-state index contributed by atoms with van der Waals surface area (Å²) in [5.74, 6) is 0.690. The number of oxime groups is 1. The Balaban J connectivity index is 2.46. The van der Waals surface area contributed by atoms with Crippen molar-refractivity contribution >= 4 is 15.7 Å². The van der Waals surface area contributed by atoms with Crippen molar-refractivity contribution in [2.24, 2.45) is 10.9 Å². The normalized spacial score (nSPS) is 19.9. The Morgan fingerprint density at radius 1 is 1.24 bits per heavy atom. The summed E-state index contributed by atoms with van der Waals surface area (Å²) in [5, 5.41) is 11.9. The van der Waals surface area contributed by atoms with Crippen LogP contribution in [0, 0.1) is 0 Å². The van der Waals surface area contributed by atoms with E-state index in [1.54, 1.807) is 0 Å². The van der Waals surface area contributed by atoms with Crippen molar-refractivity contribution in [3.8, 4) is 0 Å². The molecule has 1 rings (SSSR count). The van der Waals surface area contributed by atoms with Crippen molar-refractivity contribution in [1.29, 1.82) is 0 Å². The molecule has 7 nitrogen and oxygen atoms in total. The zero-order chi connectivity index (χ0) is 16.1. The van der Waals surface area contributed by atoms with Gasteiger partial charge in [0, 0.05) is 38.5 Å². The van der Waals surface area contributed by atoms with Crippen LogP contribution in [-0.4, -0.2) is 79.0 Å². The van der Waals surface area contributed by atoms with Crippen LogP contribution in [0.1, 0.15) is 27.2 Å². The molecule has 0 spiro atoms. The maximum Gasteiger partial charge on any atom is 0.159 e. The van der Waals surface area contributed by atoms with Gasteiger partial charge in [-0.3, -0.25) is 9.80 Å². The maximum absolute atomic E-state index is 11.7. The molecule has 0 radical (unpaired) electrons. The number of nitrogens with two attached hydrogens (primary N) is 1. The first-order chi connectivity index (χ1) is 9.73. The van der Waals surface area contributed by atoms with E-state index in [1.807, 2.05) is 20.8 Å². The average molecular weight is 320 g/mol. The summed E-state index contributed by atoms with van der Waals surface area (Å²) in [6, 6.07) is 0. The lowest BCUT2D eigenvalue weighted by Gasteiger charge is -2.43. The Kier molecular flexibility index (Phi) is 6.42. The molecule has 0 aliphatic carbocycles. The Hall–Kier alpha value is -0.860. The van der Waals surface area contributed by atoms with Gasteiger partial charge in [-0.15, -0.1) is 0 Å². The van der Waals surface area contributed by atoms with Crippen LogP contribution >= 0.6 is 0 Å². The molecule has 1 aliphatic rings. The van der Waals surface area contributed by atoms with Crippen LogP contribution in [0.5, 0.6) is 0 Å². The van der Waals surface area contributed by atoms with Crippen LogP contribution < -0.4 is 5.73 Å². The Bertz CT molecular complexity index is 454. The molecule has 0 atom stereocenters. The van der Waals surface area contributed by atoms with Gasteiger partial charge >= 0.3 is 0 Å². The van der Waals surface area contributed by atoms with Gasteiger partial charge in [-0.05, 0) is 20.3 Å². The smallest absolute Gasteiger partial charge is 0.159 e. The van der Waals surface area contributed by atoms with Gasteiger partial charge in [0.2, 0.25) is 0 Å². The van der Waals surface area contributed by atoms with Gasteiger partial charge in [-0.2, -0.15) is 0 Å². The Morgan fingerprint density at radius 2 is 1.81 bits per heavy atom. The number of piperazine rings is 1. The van der Waals surface area contributed by atoms with Crippen LogP contribution in [0.25, 0.3) is 0 Å². The van der Waals surface area contributed by atoms with Crippen LogP contribution in [0.15, 0.2) is 5.16 Å². The van der Waals surface area contributed by atoms with Gasteiger partial charge in [0.25, 0.3) is 0 Å². The van der Waals surface area contributed by atoms with E-state index in [9.17, 15) is 8.42 Å². The lowest BCUT2D eigenvalue weighted by atomic mass is 10.0. The maximum atomic E-state index is 11.7. The van der Waals surface area contributed by atoms with E-state index in [4.69, 9.17) is 10.9 Å². The lowest BCUT2D eigenvalue weighted by molar-refractivity contribution is 0.0865. The van der Waals surface area contributed by atoms with Crippen LogP contribution in [0.3, 0.4) is 0 Å². The van der Waals surface area contributed by atoms with E-state index in [2.05, 4.69) is 15.0 Å². The van der Waals surface area contributed by atoms with Crippen molar-refractivity contribution in [2.75, 3.05) is 44.2 Å². The molecule has 8 heteroatoms. The van der Waals surface area contributed by atoms with Crippen molar-refractivity contribution in [1.82, 2.24) is 9.80 Å². The summed E-state index contributed by atoms with van der Waals surface area (Å²) >= 11 is 0. The molecule has 0 unspecified atom stereocenters. The molecule has 0 amide bonds. The first-order valence-electron chi connectivity index (χ1n) is 7.38. The number of hydrogen-bond donors (Lipinski definition) is 2. The van der Waals surface area contributed by atoms with E-state index in [0.717, 1.165) is 26.2 Å². The van der Waals surface area contributed by atoms with E-state index in [1.165, 1.54) is 0 Å². The zero-order valence-corrected chi connectivity index (χ0v) is 14.1. The predicted molar refractivity (Wildman–Crippen MR) is 84.4 cm³/mol. The minimum Gasteiger partial charge on any atom is -0.409 e. The first-order valence-corrected chi connectivity index (χ1v) is 9.21. The minimum absolute atomic E-state index is 0.196. The first kappa shape index (κ1) is 18.2. The SMILES string of the molecule is CCCS(=O)(=O)CCN1CCN(C(C)(C)C(N)=NO)CC1. The molecule has 3 N–H and O–H groups in total. The topological polar surface area (TPSA) is 99.2 Å². The third kappa shape index (κ3) is 5.12. The monoisotopic (exact) mass is 320 g/mol. The molecule has 124 valence electrons. The number of amidine groups is 1. The second kappa shape index (κ2) is 7.42. The lowest BCUT2D eigenvalue weighted by Crippen LogP contribution is -2.60. The Labute approximate surface area is 127 Å². The molecule has 1 heterocycles. The fraction of sp³-hybridized carbons (Fsp3) is 0.923. The zero-order valence-electron chi connectivity index (χ0n) is 13.2. The summed E-state index contributed by atoms with van der Waals surface area (Å²) in [4.78, 5) is 4.31. The molecular weight excluding hydrogens is 292 g/mol.